The predicted octanol–water partition coefficient (Wildman–Crippen LogP) is 4.09. The van der Waals surface area contributed by atoms with E-state index in [0.29, 0.717) is 10.6 Å². The van der Waals surface area contributed by atoms with Gasteiger partial charge in [0.15, 0.2) is 0 Å². The summed E-state index contributed by atoms with van der Waals surface area (Å²) in [7, 11) is 0. The zero-order chi connectivity index (χ0) is 17.1. The average Bonchev–Trinajstić information content (AvgIpc) is 3.27. The maximum atomic E-state index is 14.4. The molecule has 0 spiro atoms. The molecule has 0 aromatic carbocycles. The van der Waals surface area contributed by atoms with E-state index in [1.165, 1.54) is 11.3 Å². The molecule has 0 amide bonds. The van der Waals surface area contributed by atoms with Gasteiger partial charge in [0.1, 0.15) is 10.8 Å². The number of halogens is 1. The maximum Gasteiger partial charge on any atom is 0.225 e. The second-order valence-corrected chi connectivity index (χ2v) is 6.65. The Morgan fingerprint density at radius 3 is 2.62 bits per heavy atom. The van der Waals surface area contributed by atoms with Crippen molar-refractivity contribution < 1.29 is 4.39 Å². The van der Waals surface area contributed by atoms with Crippen LogP contribution in [0.1, 0.15) is 37.3 Å². The van der Waals surface area contributed by atoms with Crippen LogP contribution >= 0.6 is 11.3 Å². The van der Waals surface area contributed by atoms with Crippen LogP contribution in [0.4, 0.5) is 10.2 Å². The molecule has 128 valence electrons. The predicted molar refractivity (Wildman–Crippen MR) is 98.8 cm³/mol. The van der Waals surface area contributed by atoms with Crippen molar-refractivity contribution in [2.45, 2.75) is 33.1 Å². The Hall–Kier alpha value is -1.95. The smallest absolute Gasteiger partial charge is 0.225 e. The summed E-state index contributed by atoms with van der Waals surface area (Å²) in [6, 6.07) is 3.70. The summed E-state index contributed by atoms with van der Waals surface area (Å²) in [6.07, 6.45) is 3.16. The number of rotatable bonds is 2. The SMILES string of the molecule is C=C1NCCc2nc(-c3ccc(N4CCCC4)nc3F)sc21.CC. The number of anilines is 1. The lowest BCUT2D eigenvalue weighted by molar-refractivity contribution is 0.586. The van der Waals surface area contributed by atoms with Crippen molar-refractivity contribution in [3.63, 3.8) is 0 Å². The Kier molecular flexibility index (Phi) is 5.14. The van der Waals surface area contributed by atoms with Gasteiger partial charge in [0, 0.05) is 31.8 Å². The summed E-state index contributed by atoms with van der Waals surface area (Å²) < 4.78 is 14.4. The molecule has 4 rings (SSSR count). The molecule has 0 unspecified atom stereocenters. The fourth-order valence-corrected chi connectivity index (χ4v) is 4.06. The second-order valence-electron chi connectivity index (χ2n) is 5.65. The highest BCUT2D eigenvalue weighted by molar-refractivity contribution is 7.16. The number of hydrogen-bond acceptors (Lipinski definition) is 5. The van der Waals surface area contributed by atoms with Crippen LogP contribution in [0.2, 0.25) is 0 Å². The molecule has 2 aromatic heterocycles. The average molecular weight is 346 g/mol. The van der Waals surface area contributed by atoms with Crippen LogP contribution in [0.25, 0.3) is 16.3 Å². The van der Waals surface area contributed by atoms with Gasteiger partial charge in [-0.25, -0.2) is 9.97 Å². The van der Waals surface area contributed by atoms with E-state index in [0.717, 1.165) is 61.0 Å². The van der Waals surface area contributed by atoms with Crippen molar-refractivity contribution in [3.8, 4) is 10.6 Å². The minimum Gasteiger partial charge on any atom is -0.384 e. The summed E-state index contributed by atoms with van der Waals surface area (Å²) in [4.78, 5) is 11.9. The first-order valence-corrected chi connectivity index (χ1v) is 9.39. The van der Waals surface area contributed by atoms with Gasteiger partial charge in [0.2, 0.25) is 5.95 Å². The van der Waals surface area contributed by atoms with Crippen molar-refractivity contribution in [3.05, 3.63) is 35.2 Å². The third-order valence-corrected chi connectivity index (χ3v) is 5.36. The molecule has 6 heteroatoms. The molecular weight excluding hydrogens is 323 g/mol. The van der Waals surface area contributed by atoms with E-state index < -0.39 is 5.95 Å². The minimum atomic E-state index is -0.436. The summed E-state index contributed by atoms with van der Waals surface area (Å²) in [5.41, 5.74) is 2.37. The van der Waals surface area contributed by atoms with Crippen LogP contribution in [0.3, 0.4) is 0 Å². The summed E-state index contributed by atoms with van der Waals surface area (Å²) in [5.74, 6) is 0.292. The minimum absolute atomic E-state index is 0.436. The van der Waals surface area contributed by atoms with Gasteiger partial charge in [-0.15, -0.1) is 11.3 Å². The molecule has 1 saturated heterocycles. The van der Waals surface area contributed by atoms with E-state index in [-0.39, 0.29) is 0 Å². The van der Waals surface area contributed by atoms with Crippen LogP contribution in [-0.2, 0) is 6.42 Å². The van der Waals surface area contributed by atoms with Crippen molar-refractivity contribution >= 4 is 22.9 Å². The quantitative estimate of drug-likeness (QED) is 0.832. The molecule has 4 nitrogen and oxygen atoms in total. The third kappa shape index (κ3) is 3.15. The van der Waals surface area contributed by atoms with Gasteiger partial charge in [0.05, 0.1) is 16.1 Å². The summed E-state index contributed by atoms with van der Waals surface area (Å²) in [5, 5.41) is 3.91. The number of hydrogen-bond donors (Lipinski definition) is 1. The Morgan fingerprint density at radius 1 is 1.21 bits per heavy atom. The molecule has 24 heavy (non-hydrogen) atoms. The number of aromatic nitrogens is 2. The Bertz CT molecular complexity index is 735. The standard InChI is InChI=1S/C16H17FN4S.C2H6/c1-10-14-12(6-7-18-10)19-16(22-14)11-4-5-13(20-15(11)17)21-8-2-3-9-21;1-2/h4-5,18H,1-3,6-9H2;1-2H3. The van der Waals surface area contributed by atoms with Crippen molar-refractivity contribution in [1.29, 1.82) is 0 Å². The van der Waals surface area contributed by atoms with Gasteiger partial charge in [0.25, 0.3) is 0 Å². The number of nitrogens with zero attached hydrogens (tertiary/aromatic N) is 3. The first-order chi connectivity index (χ1) is 11.7. The molecule has 2 aromatic rings. The lowest BCUT2D eigenvalue weighted by atomic mass is 10.2. The Morgan fingerprint density at radius 2 is 1.96 bits per heavy atom. The molecule has 0 bridgehead atoms. The van der Waals surface area contributed by atoms with E-state index in [2.05, 4.69) is 26.8 Å². The van der Waals surface area contributed by atoms with E-state index >= 15 is 0 Å². The molecule has 0 atom stereocenters. The number of pyridine rings is 1. The fourth-order valence-electron chi connectivity index (χ4n) is 2.99. The van der Waals surface area contributed by atoms with Gasteiger partial charge in [-0.1, -0.05) is 20.4 Å². The molecule has 0 radical (unpaired) electrons. The van der Waals surface area contributed by atoms with Crippen molar-refractivity contribution in [2.24, 2.45) is 0 Å². The van der Waals surface area contributed by atoms with E-state index in [9.17, 15) is 4.39 Å². The second kappa shape index (κ2) is 7.30. The molecule has 2 aliphatic rings. The Balaban J connectivity index is 0.000000815. The molecular formula is C18H23FN4S. The highest BCUT2D eigenvalue weighted by atomic mass is 32.1. The highest BCUT2D eigenvalue weighted by Crippen LogP contribution is 2.34. The number of fused-ring (bicyclic) bond motifs is 1. The van der Waals surface area contributed by atoms with Gasteiger partial charge < -0.3 is 10.2 Å². The van der Waals surface area contributed by atoms with Gasteiger partial charge in [-0.3, -0.25) is 0 Å². The molecule has 0 aliphatic carbocycles. The van der Waals surface area contributed by atoms with Crippen molar-refractivity contribution in [1.82, 2.24) is 15.3 Å². The normalized spacial score (nSPS) is 16.3. The van der Waals surface area contributed by atoms with Crippen LogP contribution in [0.5, 0.6) is 0 Å². The van der Waals surface area contributed by atoms with E-state index in [1.54, 1.807) is 6.07 Å². The topological polar surface area (TPSA) is 41.1 Å². The van der Waals surface area contributed by atoms with Crippen LogP contribution < -0.4 is 10.2 Å². The molecule has 0 saturated carbocycles. The van der Waals surface area contributed by atoms with Crippen LogP contribution in [0, 0.1) is 5.95 Å². The maximum absolute atomic E-state index is 14.4. The zero-order valence-corrected chi connectivity index (χ0v) is 15.0. The molecule has 1 fully saturated rings. The van der Waals surface area contributed by atoms with E-state index in [4.69, 9.17) is 0 Å². The largest absolute Gasteiger partial charge is 0.384 e. The van der Waals surface area contributed by atoms with Gasteiger partial charge in [-0.05, 0) is 25.0 Å². The molecule has 1 N–H and O–H groups in total. The number of thiazole rings is 1. The third-order valence-electron chi connectivity index (χ3n) is 4.17. The summed E-state index contributed by atoms with van der Waals surface area (Å²) >= 11 is 1.48. The van der Waals surface area contributed by atoms with Crippen LogP contribution in [-0.4, -0.2) is 29.6 Å². The number of nitrogens with one attached hydrogen (secondary N) is 1. The summed E-state index contributed by atoms with van der Waals surface area (Å²) in [6.45, 7) is 10.8. The zero-order valence-electron chi connectivity index (χ0n) is 14.2. The van der Waals surface area contributed by atoms with E-state index in [1.807, 2.05) is 19.9 Å². The first kappa shape index (κ1) is 16.9. The van der Waals surface area contributed by atoms with Gasteiger partial charge >= 0.3 is 0 Å². The highest BCUT2D eigenvalue weighted by Gasteiger charge is 2.21. The van der Waals surface area contributed by atoms with Gasteiger partial charge in [-0.2, -0.15) is 4.39 Å². The lowest BCUT2D eigenvalue weighted by Crippen LogP contribution is -2.20. The molecule has 4 heterocycles. The lowest BCUT2D eigenvalue weighted by Gasteiger charge is -2.16. The molecule has 2 aliphatic heterocycles. The van der Waals surface area contributed by atoms with Crippen LogP contribution in [0.15, 0.2) is 18.7 Å². The van der Waals surface area contributed by atoms with Crippen molar-refractivity contribution in [2.75, 3.05) is 24.5 Å². The fraction of sp³-hybridized carbons (Fsp3) is 0.444. The first-order valence-electron chi connectivity index (χ1n) is 8.57. The Labute approximate surface area is 146 Å². The monoisotopic (exact) mass is 346 g/mol.